The SMILES string of the molecule is COc1ccccc1NC(=O)Cn1nc(C)c2c(C(F)F)cc(-c3cnn(C)c3)nc21. The van der Waals surface area contributed by atoms with E-state index in [0.29, 0.717) is 28.4 Å². The molecule has 0 fully saturated rings. The zero-order valence-corrected chi connectivity index (χ0v) is 17.1. The van der Waals surface area contributed by atoms with Gasteiger partial charge in [0.15, 0.2) is 5.65 Å². The Bertz CT molecular complexity index is 1260. The van der Waals surface area contributed by atoms with Gasteiger partial charge in [0.1, 0.15) is 12.3 Å². The molecule has 3 aromatic heterocycles. The Morgan fingerprint density at radius 3 is 2.74 bits per heavy atom. The van der Waals surface area contributed by atoms with Crippen molar-refractivity contribution >= 4 is 22.6 Å². The molecule has 31 heavy (non-hydrogen) atoms. The van der Waals surface area contributed by atoms with E-state index in [1.807, 2.05) is 0 Å². The largest absolute Gasteiger partial charge is 0.495 e. The van der Waals surface area contributed by atoms with Crippen LogP contribution in [-0.2, 0) is 18.4 Å². The van der Waals surface area contributed by atoms with Crippen molar-refractivity contribution in [2.45, 2.75) is 19.9 Å². The molecule has 10 heteroatoms. The highest BCUT2D eigenvalue weighted by Gasteiger charge is 2.22. The Morgan fingerprint density at radius 2 is 2.06 bits per heavy atom. The first-order valence-electron chi connectivity index (χ1n) is 9.45. The van der Waals surface area contributed by atoms with Crippen LogP contribution in [0.3, 0.4) is 0 Å². The lowest BCUT2D eigenvalue weighted by atomic mass is 10.1. The van der Waals surface area contributed by atoms with Crippen LogP contribution >= 0.6 is 0 Å². The Balaban J connectivity index is 1.74. The smallest absolute Gasteiger partial charge is 0.264 e. The van der Waals surface area contributed by atoms with Gasteiger partial charge in [0, 0.05) is 24.4 Å². The number of fused-ring (bicyclic) bond motifs is 1. The molecule has 1 aromatic carbocycles. The van der Waals surface area contributed by atoms with Gasteiger partial charge < -0.3 is 10.1 Å². The second-order valence-corrected chi connectivity index (χ2v) is 6.99. The number of carbonyl (C=O) groups excluding carboxylic acids is 1. The number of carbonyl (C=O) groups is 1. The van der Waals surface area contributed by atoms with Gasteiger partial charge in [-0.2, -0.15) is 10.2 Å². The molecule has 3 heterocycles. The normalized spacial score (nSPS) is 11.3. The maximum atomic E-state index is 13.8. The molecule has 0 unspecified atom stereocenters. The summed E-state index contributed by atoms with van der Waals surface area (Å²) in [6, 6.07) is 8.32. The molecule has 0 bridgehead atoms. The van der Waals surface area contributed by atoms with E-state index < -0.39 is 6.43 Å². The van der Waals surface area contributed by atoms with Crippen molar-refractivity contribution < 1.29 is 18.3 Å². The molecule has 160 valence electrons. The standard InChI is InChI=1S/C21H20F2N6O2/c1-12-19-14(20(22)23)8-16(13-9-24-28(2)10-13)26-21(19)29(27-12)11-18(30)25-15-6-4-5-7-17(15)31-3/h4-10,20H,11H2,1-3H3,(H,25,30). The molecule has 0 aliphatic carbocycles. The molecular weight excluding hydrogens is 406 g/mol. The molecule has 1 amide bonds. The molecule has 0 spiro atoms. The van der Waals surface area contributed by atoms with Crippen LogP contribution in [0.4, 0.5) is 14.5 Å². The highest BCUT2D eigenvalue weighted by molar-refractivity contribution is 5.93. The number of amides is 1. The van der Waals surface area contributed by atoms with Crippen molar-refractivity contribution in [3.63, 3.8) is 0 Å². The fourth-order valence-electron chi connectivity index (χ4n) is 3.44. The van der Waals surface area contributed by atoms with E-state index in [0.717, 1.165) is 0 Å². The van der Waals surface area contributed by atoms with Gasteiger partial charge in [0.05, 0.1) is 35.8 Å². The summed E-state index contributed by atoms with van der Waals surface area (Å²) < 4.78 is 35.8. The number of anilines is 1. The molecule has 0 saturated heterocycles. The van der Waals surface area contributed by atoms with Crippen molar-refractivity contribution in [3.8, 4) is 17.0 Å². The molecule has 0 atom stereocenters. The number of methoxy groups -OCH3 is 1. The summed E-state index contributed by atoms with van der Waals surface area (Å²) in [5.74, 6) is 0.121. The lowest BCUT2D eigenvalue weighted by Crippen LogP contribution is -2.20. The van der Waals surface area contributed by atoms with Gasteiger partial charge >= 0.3 is 0 Å². The highest BCUT2D eigenvalue weighted by atomic mass is 19.3. The van der Waals surface area contributed by atoms with Crippen LogP contribution in [-0.4, -0.2) is 37.6 Å². The number of halogens is 2. The third-order valence-electron chi connectivity index (χ3n) is 4.82. The third kappa shape index (κ3) is 3.96. The van der Waals surface area contributed by atoms with Gasteiger partial charge in [0.2, 0.25) is 5.91 Å². The van der Waals surface area contributed by atoms with Crippen molar-refractivity contribution in [3.05, 3.63) is 54.0 Å². The maximum Gasteiger partial charge on any atom is 0.264 e. The summed E-state index contributed by atoms with van der Waals surface area (Å²) in [4.78, 5) is 17.2. The summed E-state index contributed by atoms with van der Waals surface area (Å²) in [6.45, 7) is 1.42. The van der Waals surface area contributed by atoms with E-state index in [1.165, 1.54) is 17.9 Å². The average molecular weight is 426 g/mol. The van der Waals surface area contributed by atoms with Crippen molar-refractivity contribution in [1.82, 2.24) is 24.5 Å². The number of benzene rings is 1. The first-order valence-corrected chi connectivity index (χ1v) is 9.45. The van der Waals surface area contributed by atoms with Crippen LogP contribution < -0.4 is 10.1 Å². The highest BCUT2D eigenvalue weighted by Crippen LogP contribution is 2.33. The van der Waals surface area contributed by atoms with Crippen LogP contribution in [0, 0.1) is 6.92 Å². The second-order valence-electron chi connectivity index (χ2n) is 6.99. The molecule has 0 aliphatic rings. The number of rotatable bonds is 6. The van der Waals surface area contributed by atoms with Crippen LogP contribution in [0.1, 0.15) is 17.7 Å². The van der Waals surface area contributed by atoms with Gasteiger partial charge in [-0.1, -0.05) is 12.1 Å². The van der Waals surface area contributed by atoms with Gasteiger partial charge in [-0.25, -0.2) is 18.4 Å². The molecule has 4 rings (SSSR count). The molecule has 0 saturated carbocycles. The topological polar surface area (TPSA) is 86.9 Å². The van der Waals surface area contributed by atoms with Crippen LogP contribution in [0.2, 0.25) is 0 Å². The Morgan fingerprint density at radius 1 is 1.29 bits per heavy atom. The summed E-state index contributed by atoms with van der Waals surface area (Å²) >= 11 is 0. The number of aromatic nitrogens is 5. The Kier molecular flexibility index (Phi) is 5.37. The number of ether oxygens (including phenoxy) is 1. The monoisotopic (exact) mass is 426 g/mol. The molecule has 0 radical (unpaired) electrons. The summed E-state index contributed by atoms with van der Waals surface area (Å²) in [5.41, 5.74) is 1.83. The van der Waals surface area contributed by atoms with Gasteiger partial charge in [-0.05, 0) is 25.1 Å². The van der Waals surface area contributed by atoms with Crippen LogP contribution in [0.15, 0.2) is 42.7 Å². The van der Waals surface area contributed by atoms with E-state index in [2.05, 4.69) is 20.5 Å². The van der Waals surface area contributed by atoms with Crippen molar-refractivity contribution in [2.24, 2.45) is 7.05 Å². The first-order chi connectivity index (χ1) is 14.9. The Hall–Kier alpha value is -3.82. The molecule has 8 nitrogen and oxygen atoms in total. The van der Waals surface area contributed by atoms with E-state index in [1.54, 1.807) is 55.3 Å². The summed E-state index contributed by atoms with van der Waals surface area (Å²) in [7, 11) is 3.23. The minimum Gasteiger partial charge on any atom is -0.495 e. The number of hydrogen-bond donors (Lipinski definition) is 1. The Labute approximate surface area is 176 Å². The number of nitrogens with one attached hydrogen (secondary N) is 1. The number of alkyl halides is 2. The number of pyridine rings is 1. The van der Waals surface area contributed by atoms with E-state index in [4.69, 9.17) is 4.74 Å². The minimum atomic E-state index is -2.72. The van der Waals surface area contributed by atoms with E-state index in [9.17, 15) is 13.6 Å². The third-order valence-corrected chi connectivity index (χ3v) is 4.82. The second kappa shape index (κ2) is 8.13. The van der Waals surface area contributed by atoms with Gasteiger partial charge in [-0.15, -0.1) is 0 Å². The minimum absolute atomic E-state index is 0.183. The summed E-state index contributed by atoms with van der Waals surface area (Å²) in [6.07, 6.45) is 0.510. The average Bonchev–Trinajstić information content (AvgIpc) is 3.31. The quantitative estimate of drug-likeness (QED) is 0.508. The van der Waals surface area contributed by atoms with Crippen molar-refractivity contribution in [2.75, 3.05) is 12.4 Å². The number of para-hydroxylation sites is 2. The maximum absolute atomic E-state index is 13.8. The fraction of sp³-hybridized carbons (Fsp3) is 0.238. The summed E-state index contributed by atoms with van der Waals surface area (Å²) in [5, 5.41) is 11.4. The first kappa shape index (κ1) is 20.5. The molecule has 4 aromatic rings. The fourth-order valence-corrected chi connectivity index (χ4v) is 3.44. The van der Waals surface area contributed by atoms with Crippen LogP contribution in [0.25, 0.3) is 22.3 Å². The number of hydrogen-bond acceptors (Lipinski definition) is 5. The van der Waals surface area contributed by atoms with E-state index >= 15 is 0 Å². The molecule has 0 aliphatic heterocycles. The predicted octanol–water partition coefficient (Wildman–Crippen LogP) is 3.73. The molecular formula is C21H20F2N6O2. The van der Waals surface area contributed by atoms with Gasteiger partial charge in [0.25, 0.3) is 6.43 Å². The zero-order valence-electron chi connectivity index (χ0n) is 17.1. The lowest BCUT2D eigenvalue weighted by Gasteiger charge is -2.10. The number of nitrogens with zero attached hydrogens (tertiary/aromatic N) is 5. The lowest BCUT2D eigenvalue weighted by molar-refractivity contribution is -0.116. The molecule has 1 N–H and O–H groups in total. The zero-order chi connectivity index (χ0) is 22.1. The van der Waals surface area contributed by atoms with Crippen molar-refractivity contribution in [1.29, 1.82) is 0 Å². The van der Waals surface area contributed by atoms with Gasteiger partial charge in [-0.3, -0.25) is 9.48 Å². The number of aryl methyl sites for hydroxylation is 2. The van der Waals surface area contributed by atoms with Crippen LogP contribution in [0.5, 0.6) is 5.75 Å². The van der Waals surface area contributed by atoms with E-state index in [-0.39, 0.29) is 29.0 Å². The predicted molar refractivity (Wildman–Crippen MR) is 111 cm³/mol.